The van der Waals surface area contributed by atoms with E-state index in [-0.39, 0.29) is 16.7 Å². The molecule has 0 aliphatic rings. The maximum absolute atomic E-state index is 10.8. The molecule has 2 heterocycles. The van der Waals surface area contributed by atoms with E-state index in [1.807, 2.05) is 0 Å². The summed E-state index contributed by atoms with van der Waals surface area (Å²) in [6, 6.07) is 3.02. The monoisotopic (exact) mass is 193 g/mol. The van der Waals surface area contributed by atoms with Gasteiger partial charge < -0.3 is 14.0 Å². The molecule has 0 saturated heterocycles. The number of hydrogen-bond donors (Lipinski definition) is 1. The summed E-state index contributed by atoms with van der Waals surface area (Å²) < 4.78 is 9.45. The second-order valence-electron chi connectivity index (χ2n) is 2.69. The molecule has 0 spiro atoms. The number of rotatable bonds is 0. The predicted octanol–water partition coefficient (Wildman–Crippen LogP) is 0.368. The zero-order valence-corrected chi connectivity index (χ0v) is 6.67. The third-order valence-electron chi connectivity index (χ3n) is 1.90. The average Bonchev–Trinajstić information content (AvgIpc) is 2.68. The van der Waals surface area contributed by atoms with Crippen LogP contribution in [0.15, 0.2) is 25.8 Å². The van der Waals surface area contributed by atoms with Gasteiger partial charge in [-0.05, 0) is 17.3 Å². The first-order valence-electron chi connectivity index (χ1n) is 3.73. The van der Waals surface area contributed by atoms with E-state index in [0.29, 0.717) is 10.4 Å². The highest BCUT2D eigenvalue weighted by atomic mass is 16.6. The lowest BCUT2D eigenvalue weighted by Crippen LogP contribution is -1.90. The molecule has 0 aliphatic carbocycles. The van der Waals surface area contributed by atoms with Crippen molar-refractivity contribution in [3.63, 3.8) is 0 Å². The normalized spacial score (nSPS) is 11.4. The van der Waals surface area contributed by atoms with Crippen LogP contribution in [0, 0.1) is 0 Å². The Bertz CT molecular complexity index is 677. The first-order valence-corrected chi connectivity index (χ1v) is 3.73. The average molecular weight is 193 g/mol. The Labute approximate surface area is 75.1 Å². The number of nitrogens with zero attached hydrogens (tertiary/aromatic N) is 3. The fourth-order valence-corrected chi connectivity index (χ4v) is 1.31. The van der Waals surface area contributed by atoms with E-state index in [1.54, 1.807) is 0 Å². The molecular weight excluding hydrogens is 190 g/mol. The molecule has 7 nitrogen and oxygen atoms in total. The quantitative estimate of drug-likeness (QED) is 0.518. The second kappa shape index (κ2) is 2.13. The van der Waals surface area contributed by atoms with E-state index in [9.17, 15) is 10.0 Å². The van der Waals surface area contributed by atoms with Crippen molar-refractivity contribution in [1.29, 1.82) is 0 Å². The van der Waals surface area contributed by atoms with Gasteiger partial charge in [-0.3, -0.25) is 0 Å². The second-order valence-corrected chi connectivity index (χ2v) is 2.69. The first kappa shape index (κ1) is 7.13. The molecule has 0 saturated carbocycles. The molecule has 0 radical (unpaired) electrons. The highest BCUT2D eigenvalue weighted by molar-refractivity contribution is 5.97. The van der Waals surface area contributed by atoms with Gasteiger partial charge in [0.1, 0.15) is 5.52 Å². The van der Waals surface area contributed by atoms with Gasteiger partial charge >= 0.3 is 5.82 Å². The standard InChI is InChI=1S/C7H3N3O4/c11-7-13-4-2-1-3-5(6(4)14-7)8-9-10(3)12/h1-2,12H. The van der Waals surface area contributed by atoms with Crippen LogP contribution in [0.25, 0.3) is 22.2 Å². The molecule has 3 rings (SSSR count). The van der Waals surface area contributed by atoms with Gasteiger partial charge in [0.05, 0.1) is 0 Å². The molecule has 1 aromatic carbocycles. The van der Waals surface area contributed by atoms with Crippen LogP contribution in [0.1, 0.15) is 0 Å². The molecule has 70 valence electrons. The Kier molecular flexibility index (Phi) is 1.09. The molecule has 3 aromatic rings. The summed E-state index contributed by atoms with van der Waals surface area (Å²) >= 11 is 0. The van der Waals surface area contributed by atoms with Gasteiger partial charge in [-0.15, -0.1) is 5.10 Å². The molecule has 0 atom stereocenters. The zero-order valence-electron chi connectivity index (χ0n) is 6.67. The summed E-state index contributed by atoms with van der Waals surface area (Å²) in [7, 11) is 0. The van der Waals surface area contributed by atoms with Crippen molar-refractivity contribution in [3.05, 3.63) is 22.7 Å². The number of fused-ring (bicyclic) bond motifs is 3. The van der Waals surface area contributed by atoms with Crippen LogP contribution in [-0.4, -0.2) is 20.4 Å². The minimum atomic E-state index is -0.806. The van der Waals surface area contributed by atoms with E-state index in [2.05, 4.69) is 10.3 Å². The molecular formula is C7H3N3O4. The third-order valence-corrected chi connectivity index (χ3v) is 1.90. The smallest absolute Gasteiger partial charge is 0.410 e. The van der Waals surface area contributed by atoms with E-state index in [4.69, 9.17) is 8.83 Å². The van der Waals surface area contributed by atoms with Gasteiger partial charge in [0.15, 0.2) is 11.1 Å². The maximum atomic E-state index is 10.8. The predicted molar refractivity (Wildman–Crippen MR) is 43.0 cm³/mol. The molecule has 7 heteroatoms. The maximum Gasteiger partial charge on any atom is 0.519 e. The van der Waals surface area contributed by atoms with E-state index >= 15 is 0 Å². The number of benzene rings is 1. The summed E-state index contributed by atoms with van der Waals surface area (Å²) in [5.41, 5.74) is 1.11. The minimum Gasteiger partial charge on any atom is -0.410 e. The van der Waals surface area contributed by atoms with Crippen molar-refractivity contribution in [3.8, 4) is 0 Å². The molecule has 0 unspecified atom stereocenters. The Morgan fingerprint density at radius 1 is 1.36 bits per heavy atom. The Balaban J connectivity index is 2.66. The van der Waals surface area contributed by atoms with Crippen molar-refractivity contribution in [1.82, 2.24) is 15.2 Å². The molecule has 0 aliphatic heterocycles. The van der Waals surface area contributed by atoms with Crippen molar-refractivity contribution in [2.75, 3.05) is 0 Å². The van der Waals surface area contributed by atoms with Crippen molar-refractivity contribution in [2.24, 2.45) is 0 Å². The fourth-order valence-electron chi connectivity index (χ4n) is 1.31. The van der Waals surface area contributed by atoms with Gasteiger partial charge in [-0.25, -0.2) is 4.79 Å². The van der Waals surface area contributed by atoms with Crippen LogP contribution >= 0.6 is 0 Å². The van der Waals surface area contributed by atoms with Crippen LogP contribution in [0.5, 0.6) is 0 Å². The first-order chi connectivity index (χ1) is 6.75. The van der Waals surface area contributed by atoms with Crippen LogP contribution in [0.2, 0.25) is 0 Å². The SMILES string of the molecule is O=c1oc2ccc3c(nnn3O)c2o1. The summed E-state index contributed by atoms with van der Waals surface area (Å²) in [4.78, 5) is 11.4. The molecule has 14 heavy (non-hydrogen) atoms. The molecule has 0 fully saturated rings. The van der Waals surface area contributed by atoms with Crippen molar-refractivity contribution in [2.45, 2.75) is 0 Å². The van der Waals surface area contributed by atoms with Crippen LogP contribution < -0.4 is 5.82 Å². The summed E-state index contributed by atoms with van der Waals surface area (Å²) in [6.45, 7) is 0. The van der Waals surface area contributed by atoms with Crippen molar-refractivity contribution < 1.29 is 14.0 Å². The lowest BCUT2D eigenvalue weighted by atomic mass is 10.3. The van der Waals surface area contributed by atoms with Crippen LogP contribution in [0.3, 0.4) is 0 Å². The topological polar surface area (TPSA) is 94.3 Å². The highest BCUT2D eigenvalue weighted by Gasteiger charge is 2.13. The Morgan fingerprint density at radius 2 is 2.21 bits per heavy atom. The minimum absolute atomic E-state index is 0.188. The fraction of sp³-hybridized carbons (Fsp3) is 0. The van der Waals surface area contributed by atoms with Crippen LogP contribution in [-0.2, 0) is 0 Å². The largest absolute Gasteiger partial charge is 0.519 e. The lowest BCUT2D eigenvalue weighted by molar-refractivity contribution is 0.155. The van der Waals surface area contributed by atoms with Gasteiger partial charge in [0, 0.05) is 0 Å². The summed E-state index contributed by atoms with van der Waals surface area (Å²) in [5, 5.41) is 16.2. The summed E-state index contributed by atoms with van der Waals surface area (Å²) in [6.07, 6.45) is 0. The number of aromatic nitrogens is 3. The molecule has 2 aromatic heterocycles. The number of hydrogen-bond acceptors (Lipinski definition) is 6. The van der Waals surface area contributed by atoms with Gasteiger partial charge in [-0.1, -0.05) is 4.85 Å². The molecule has 0 bridgehead atoms. The lowest BCUT2D eigenvalue weighted by Gasteiger charge is -1.88. The van der Waals surface area contributed by atoms with E-state index < -0.39 is 5.82 Å². The summed E-state index contributed by atoms with van der Waals surface area (Å²) in [5.74, 6) is -0.806. The van der Waals surface area contributed by atoms with E-state index in [1.165, 1.54) is 12.1 Å². The highest BCUT2D eigenvalue weighted by Crippen LogP contribution is 2.21. The Morgan fingerprint density at radius 3 is 3.07 bits per heavy atom. The van der Waals surface area contributed by atoms with Gasteiger partial charge in [0.2, 0.25) is 5.58 Å². The molecule has 1 N–H and O–H groups in total. The molecule has 0 amide bonds. The third kappa shape index (κ3) is 0.729. The van der Waals surface area contributed by atoms with E-state index in [0.717, 1.165) is 0 Å². The van der Waals surface area contributed by atoms with Gasteiger partial charge in [0.25, 0.3) is 0 Å². The van der Waals surface area contributed by atoms with Crippen LogP contribution in [0.4, 0.5) is 0 Å². The zero-order chi connectivity index (χ0) is 9.71. The van der Waals surface area contributed by atoms with Crippen molar-refractivity contribution >= 4 is 22.2 Å². The van der Waals surface area contributed by atoms with Gasteiger partial charge in [-0.2, -0.15) is 0 Å². The Hall–Kier alpha value is -2.31.